The minimum absolute atomic E-state index is 0.00722. The van der Waals surface area contributed by atoms with Crippen molar-refractivity contribution in [2.45, 2.75) is 18.9 Å². The number of hydrogen-bond donors (Lipinski definition) is 1. The summed E-state index contributed by atoms with van der Waals surface area (Å²) >= 11 is 3.46. The predicted molar refractivity (Wildman–Crippen MR) is 111 cm³/mol. The summed E-state index contributed by atoms with van der Waals surface area (Å²) in [4.78, 5) is 19.5. The predicted octanol–water partition coefficient (Wildman–Crippen LogP) is 2.15. The van der Waals surface area contributed by atoms with Crippen LogP contribution in [0.4, 0.5) is 0 Å². The number of sulfonamides is 1. The molecule has 0 fully saturated rings. The first-order valence-corrected chi connectivity index (χ1v) is 12.5. The van der Waals surface area contributed by atoms with E-state index in [9.17, 15) is 13.2 Å². The van der Waals surface area contributed by atoms with Gasteiger partial charge in [0.25, 0.3) is 0 Å². The van der Waals surface area contributed by atoms with Gasteiger partial charge in [0.2, 0.25) is 15.9 Å². The number of hydrogen-bond acceptors (Lipinski definition) is 6. The Morgan fingerprint density at radius 2 is 2.15 bits per heavy atom. The molecule has 2 aromatic rings. The zero-order chi connectivity index (χ0) is 19.4. The van der Waals surface area contributed by atoms with Gasteiger partial charge in [0.05, 0.1) is 18.8 Å². The third kappa shape index (κ3) is 5.39. The molecular formula is C18H25N3O3S3. The standard InChI is InChI=1S/C18H25N3O3S3/c1-20(9-4-8-19-27(2,23)24)13-17(22)21-10-6-15-14(7-12-26-15)18(21)16-5-3-11-25-16/h3,5,7,11-12,18-19H,4,6,8-10,13H2,1-2H3/t18-/m1/s1. The van der Waals surface area contributed by atoms with Gasteiger partial charge in [-0.25, -0.2) is 13.1 Å². The van der Waals surface area contributed by atoms with E-state index in [1.807, 2.05) is 22.9 Å². The molecule has 0 aromatic carbocycles. The Morgan fingerprint density at radius 1 is 1.33 bits per heavy atom. The monoisotopic (exact) mass is 427 g/mol. The maximum Gasteiger partial charge on any atom is 0.237 e. The lowest BCUT2D eigenvalue weighted by molar-refractivity contribution is -0.134. The van der Waals surface area contributed by atoms with E-state index in [4.69, 9.17) is 0 Å². The first-order valence-electron chi connectivity index (χ1n) is 8.87. The highest BCUT2D eigenvalue weighted by molar-refractivity contribution is 7.88. The van der Waals surface area contributed by atoms with Crippen LogP contribution in [0.2, 0.25) is 0 Å². The molecule has 3 rings (SSSR count). The number of carbonyl (C=O) groups is 1. The van der Waals surface area contributed by atoms with Crippen LogP contribution in [0.1, 0.15) is 27.8 Å². The van der Waals surface area contributed by atoms with Gasteiger partial charge in [0.1, 0.15) is 0 Å². The fraction of sp³-hybridized carbons (Fsp3) is 0.500. The SMILES string of the molecule is CN(CCCNS(C)(=O)=O)CC(=O)N1CCc2sccc2[C@@H]1c1cccs1. The van der Waals surface area contributed by atoms with Crippen molar-refractivity contribution in [2.75, 3.05) is 39.5 Å². The molecule has 148 valence electrons. The Bertz CT molecular complexity index is 862. The van der Waals surface area contributed by atoms with Crippen molar-refractivity contribution in [1.82, 2.24) is 14.5 Å². The Hall–Kier alpha value is -1.26. The van der Waals surface area contributed by atoms with Crippen LogP contribution in [0.5, 0.6) is 0 Å². The Labute approximate surface area is 168 Å². The number of likely N-dealkylation sites (N-methyl/N-ethyl adjacent to an activating group) is 1. The summed E-state index contributed by atoms with van der Waals surface area (Å²) in [6.07, 6.45) is 2.72. The molecule has 27 heavy (non-hydrogen) atoms. The molecular weight excluding hydrogens is 402 g/mol. The number of fused-ring (bicyclic) bond motifs is 1. The number of carbonyl (C=O) groups excluding carboxylic acids is 1. The van der Waals surface area contributed by atoms with E-state index in [0.29, 0.717) is 26.1 Å². The highest BCUT2D eigenvalue weighted by Gasteiger charge is 2.33. The highest BCUT2D eigenvalue weighted by Crippen LogP contribution is 2.39. The molecule has 0 unspecified atom stereocenters. The van der Waals surface area contributed by atoms with Gasteiger partial charge in [-0.15, -0.1) is 22.7 Å². The lowest BCUT2D eigenvalue weighted by Gasteiger charge is -2.36. The second-order valence-electron chi connectivity index (χ2n) is 6.81. The summed E-state index contributed by atoms with van der Waals surface area (Å²) in [5, 5.41) is 4.17. The van der Waals surface area contributed by atoms with E-state index in [0.717, 1.165) is 19.2 Å². The van der Waals surface area contributed by atoms with Crippen LogP contribution in [0, 0.1) is 0 Å². The molecule has 9 heteroatoms. The Morgan fingerprint density at radius 3 is 2.85 bits per heavy atom. The van der Waals surface area contributed by atoms with Gasteiger partial charge in [0.15, 0.2) is 0 Å². The highest BCUT2D eigenvalue weighted by atomic mass is 32.2. The number of thiophene rings is 2. The van der Waals surface area contributed by atoms with Crippen LogP contribution in [0.25, 0.3) is 0 Å². The molecule has 1 aliphatic heterocycles. The van der Waals surface area contributed by atoms with Gasteiger partial charge in [-0.1, -0.05) is 6.07 Å². The molecule has 2 aromatic heterocycles. The molecule has 0 radical (unpaired) electrons. The van der Waals surface area contributed by atoms with Crippen molar-refractivity contribution in [2.24, 2.45) is 0 Å². The zero-order valence-corrected chi connectivity index (χ0v) is 18.0. The quantitative estimate of drug-likeness (QED) is 0.656. The van der Waals surface area contributed by atoms with Crippen molar-refractivity contribution in [3.8, 4) is 0 Å². The molecule has 1 aliphatic rings. The van der Waals surface area contributed by atoms with Crippen LogP contribution in [0.15, 0.2) is 29.0 Å². The van der Waals surface area contributed by atoms with Crippen LogP contribution >= 0.6 is 22.7 Å². The van der Waals surface area contributed by atoms with E-state index in [1.54, 1.807) is 22.7 Å². The third-order valence-electron chi connectivity index (χ3n) is 4.58. The van der Waals surface area contributed by atoms with E-state index < -0.39 is 10.0 Å². The second-order valence-corrected chi connectivity index (χ2v) is 10.6. The van der Waals surface area contributed by atoms with Crippen molar-refractivity contribution in [3.63, 3.8) is 0 Å². The first-order chi connectivity index (χ1) is 12.8. The van der Waals surface area contributed by atoms with Crippen molar-refractivity contribution >= 4 is 38.6 Å². The molecule has 1 atom stereocenters. The number of nitrogens with one attached hydrogen (secondary N) is 1. The number of amides is 1. The molecule has 1 amide bonds. The maximum absolute atomic E-state index is 13.0. The largest absolute Gasteiger partial charge is 0.329 e. The lowest BCUT2D eigenvalue weighted by atomic mass is 9.98. The normalized spacial score (nSPS) is 17.3. The number of rotatable bonds is 8. The molecule has 6 nitrogen and oxygen atoms in total. The molecule has 0 saturated carbocycles. The maximum atomic E-state index is 13.0. The summed E-state index contributed by atoms with van der Waals surface area (Å²) in [6, 6.07) is 6.28. The first kappa shape index (κ1) is 20.5. The summed E-state index contributed by atoms with van der Waals surface area (Å²) in [6.45, 7) is 2.12. The van der Waals surface area contributed by atoms with Gasteiger partial charge in [-0.2, -0.15) is 0 Å². The minimum atomic E-state index is -3.16. The summed E-state index contributed by atoms with van der Waals surface area (Å²) < 4.78 is 24.7. The van der Waals surface area contributed by atoms with Gasteiger partial charge >= 0.3 is 0 Å². The van der Waals surface area contributed by atoms with E-state index in [-0.39, 0.29) is 11.9 Å². The molecule has 0 aliphatic carbocycles. The smallest absolute Gasteiger partial charge is 0.237 e. The van der Waals surface area contributed by atoms with Gasteiger partial charge in [0, 0.05) is 22.8 Å². The van der Waals surface area contributed by atoms with E-state index >= 15 is 0 Å². The van der Waals surface area contributed by atoms with Crippen LogP contribution in [-0.2, 0) is 21.2 Å². The lowest BCUT2D eigenvalue weighted by Crippen LogP contribution is -2.44. The minimum Gasteiger partial charge on any atom is -0.329 e. The van der Waals surface area contributed by atoms with E-state index in [2.05, 4.69) is 27.6 Å². The molecule has 1 N–H and O–H groups in total. The van der Waals surface area contributed by atoms with Gasteiger partial charge in [-0.3, -0.25) is 9.69 Å². The zero-order valence-electron chi connectivity index (χ0n) is 15.6. The summed E-state index contributed by atoms with van der Waals surface area (Å²) in [5.74, 6) is 0.115. The third-order valence-corrected chi connectivity index (χ3v) is 7.23. The topological polar surface area (TPSA) is 69.7 Å². The van der Waals surface area contributed by atoms with Gasteiger partial charge in [-0.05, 0) is 54.9 Å². The molecule has 0 bridgehead atoms. The second kappa shape index (κ2) is 8.83. The average Bonchev–Trinajstić information content (AvgIpc) is 3.28. The van der Waals surface area contributed by atoms with Gasteiger partial charge < -0.3 is 4.90 Å². The van der Waals surface area contributed by atoms with Crippen LogP contribution < -0.4 is 4.72 Å². The molecule has 0 saturated heterocycles. The fourth-order valence-corrected chi connectivity index (χ4v) is 5.62. The Balaban J connectivity index is 1.62. The Kier molecular flexibility index (Phi) is 6.69. The van der Waals surface area contributed by atoms with E-state index in [1.165, 1.54) is 15.3 Å². The molecule has 3 heterocycles. The fourth-order valence-electron chi connectivity index (χ4n) is 3.35. The molecule has 0 spiro atoms. The average molecular weight is 428 g/mol. The summed E-state index contributed by atoms with van der Waals surface area (Å²) in [7, 11) is -1.26. The van der Waals surface area contributed by atoms with Crippen LogP contribution in [-0.4, -0.2) is 63.6 Å². The van der Waals surface area contributed by atoms with Crippen molar-refractivity contribution in [1.29, 1.82) is 0 Å². The van der Waals surface area contributed by atoms with Crippen LogP contribution in [0.3, 0.4) is 0 Å². The van der Waals surface area contributed by atoms with Crippen molar-refractivity contribution in [3.05, 3.63) is 44.3 Å². The summed E-state index contributed by atoms with van der Waals surface area (Å²) in [5.41, 5.74) is 1.25. The number of nitrogens with zero attached hydrogens (tertiary/aromatic N) is 2. The van der Waals surface area contributed by atoms with Crippen molar-refractivity contribution < 1.29 is 13.2 Å².